The molecular weight excluding hydrogens is 200 g/mol. The lowest BCUT2D eigenvalue weighted by Crippen LogP contribution is -2.24. The number of hydrogen-bond donors (Lipinski definition) is 2. The van der Waals surface area contributed by atoms with Crippen LogP contribution in [0, 0.1) is 0 Å². The topological polar surface area (TPSA) is 72.2 Å². The molecule has 0 aromatic heterocycles. The van der Waals surface area contributed by atoms with Gasteiger partial charge in [0.1, 0.15) is 0 Å². The van der Waals surface area contributed by atoms with E-state index >= 15 is 0 Å². The van der Waals surface area contributed by atoms with E-state index < -0.39 is 10.0 Å². The molecule has 0 saturated carbocycles. The Morgan fingerprint density at radius 3 is 2.79 bits per heavy atom. The Labute approximate surface area is 83.2 Å². The summed E-state index contributed by atoms with van der Waals surface area (Å²) in [5.74, 6) is 0. The van der Waals surface area contributed by atoms with Crippen LogP contribution in [0.2, 0.25) is 0 Å². The first-order valence-corrected chi connectivity index (χ1v) is 5.97. The Bertz CT molecular complexity index is 454. The fourth-order valence-electron chi connectivity index (χ4n) is 1.63. The number of nitrogens with two attached hydrogens (primary N) is 1. The fraction of sp³-hybridized carbons (Fsp3) is 0.333. The SMILES string of the molecule is NS(=O)(=O)c1ccc2c(c1)CCNC2. The first-order chi connectivity index (χ1) is 6.57. The molecule has 0 saturated heterocycles. The second-order valence-electron chi connectivity index (χ2n) is 3.40. The summed E-state index contributed by atoms with van der Waals surface area (Å²) in [5.41, 5.74) is 2.24. The largest absolute Gasteiger partial charge is 0.312 e. The van der Waals surface area contributed by atoms with E-state index in [9.17, 15) is 8.42 Å². The van der Waals surface area contributed by atoms with E-state index in [1.54, 1.807) is 12.1 Å². The summed E-state index contributed by atoms with van der Waals surface area (Å²) in [5, 5.41) is 8.26. The molecule has 4 nitrogen and oxygen atoms in total. The molecule has 0 aliphatic carbocycles. The summed E-state index contributed by atoms with van der Waals surface area (Å²) in [4.78, 5) is 0.207. The van der Waals surface area contributed by atoms with Gasteiger partial charge in [-0.2, -0.15) is 0 Å². The van der Waals surface area contributed by atoms with Crippen LogP contribution in [0.15, 0.2) is 23.1 Å². The highest BCUT2D eigenvalue weighted by molar-refractivity contribution is 7.89. The van der Waals surface area contributed by atoms with Crippen LogP contribution in [0.3, 0.4) is 0 Å². The third kappa shape index (κ3) is 1.79. The minimum Gasteiger partial charge on any atom is -0.312 e. The highest BCUT2D eigenvalue weighted by Gasteiger charge is 2.13. The summed E-state index contributed by atoms with van der Waals surface area (Å²) >= 11 is 0. The molecular formula is C9H12N2O2S. The molecule has 5 heteroatoms. The van der Waals surface area contributed by atoms with Crippen LogP contribution >= 0.6 is 0 Å². The van der Waals surface area contributed by atoms with Gasteiger partial charge in [-0.05, 0) is 36.2 Å². The molecule has 1 aliphatic rings. The zero-order valence-corrected chi connectivity index (χ0v) is 8.47. The smallest absolute Gasteiger partial charge is 0.238 e. The Balaban J connectivity index is 2.49. The summed E-state index contributed by atoms with van der Waals surface area (Å²) in [6.45, 7) is 1.70. The molecule has 0 unspecified atom stereocenters. The van der Waals surface area contributed by atoms with Crippen molar-refractivity contribution in [2.24, 2.45) is 5.14 Å². The molecule has 3 N–H and O–H groups in total. The van der Waals surface area contributed by atoms with E-state index in [0.29, 0.717) is 0 Å². The van der Waals surface area contributed by atoms with Crippen molar-refractivity contribution in [1.29, 1.82) is 0 Å². The third-order valence-corrected chi connectivity index (χ3v) is 3.30. The van der Waals surface area contributed by atoms with Crippen molar-refractivity contribution in [3.63, 3.8) is 0 Å². The third-order valence-electron chi connectivity index (χ3n) is 2.39. The van der Waals surface area contributed by atoms with Gasteiger partial charge < -0.3 is 5.32 Å². The maximum Gasteiger partial charge on any atom is 0.238 e. The quantitative estimate of drug-likeness (QED) is 0.687. The molecule has 0 radical (unpaired) electrons. The number of nitrogens with one attached hydrogen (secondary N) is 1. The number of hydrogen-bond acceptors (Lipinski definition) is 3. The second kappa shape index (κ2) is 3.34. The Morgan fingerprint density at radius 1 is 1.29 bits per heavy atom. The lowest BCUT2D eigenvalue weighted by molar-refractivity contribution is 0.596. The molecule has 2 rings (SSSR count). The van der Waals surface area contributed by atoms with Gasteiger partial charge in [0.05, 0.1) is 4.90 Å². The number of benzene rings is 1. The lowest BCUT2D eigenvalue weighted by Gasteiger charge is -2.17. The van der Waals surface area contributed by atoms with Crippen LogP contribution in [0.1, 0.15) is 11.1 Å². The first-order valence-electron chi connectivity index (χ1n) is 4.43. The first kappa shape index (κ1) is 9.64. The number of rotatable bonds is 1. The second-order valence-corrected chi connectivity index (χ2v) is 4.96. The predicted octanol–water partition coefficient (Wildman–Crippen LogP) is -0.0203. The molecule has 14 heavy (non-hydrogen) atoms. The zero-order chi connectivity index (χ0) is 10.2. The maximum absolute atomic E-state index is 11.1. The number of sulfonamides is 1. The average molecular weight is 212 g/mol. The molecule has 0 bridgehead atoms. The molecule has 0 amide bonds. The fourth-order valence-corrected chi connectivity index (χ4v) is 2.19. The van der Waals surface area contributed by atoms with Crippen LogP contribution in [0.4, 0.5) is 0 Å². The van der Waals surface area contributed by atoms with Gasteiger partial charge in [0.15, 0.2) is 0 Å². The van der Waals surface area contributed by atoms with Gasteiger partial charge in [0, 0.05) is 6.54 Å². The van der Waals surface area contributed by atoms with Crippen LogP contribution in [-0.2, 0) is 23.0 Å². The number of fused-ring (bicyclic) bond motifs is 1. The van der Waals surface area contributed by atoms with Crippen molar-refractivity contribution in [3.8, 4) is 0 Å². The minimum atomic E-state index is -3.56. The van der Waals surface area contributed by atoms with Gasteiger partial charge in [0.2, 0.25) is 10.0 Å². The van der Waals surface area contributed by atoms with Crippen LogP contribution in [0.25, 0.3) is 0 Å². The Kier molecular flexibility index (Phi) is 2.30. The van der Waals surface area contributed by atoms with E-state index in [1.807, 2.05) is 6.07 Å². The molecule has 0 spiro atoms. The molecule has 0 fully saturated rings. The summed E-state index contributed by atoms with van der Waals surface area (Å²) in [7, 11) is -3.56. The molecule has 1 heterocycles. The van der Waals surface area contributed by atoms with Crippen LogP contribution in [0.5, 0.6) is 0 Å². The maximum atomic E-state index is 11.1. The van der Waals surface area contributed by atoms with Gasteiger partial charge in [0.25, 0.3) is 0 Å². The highest BCUT2D eigenvalue weighted by atomic mass is 32.2. The lowest BCUT2D eigenvalue weighted by atomic mass is 10.0. The van der Waals surface area contributed by atoms with Crippen molar-refractivity contribution in [2.75, 3.05) is 6.54 Å². The van der Waals surface area contributed by atoms with E-state index in [1.165, 1.54) is 0 Å². The predicted molar refractivity (Wildman–Crippen MR) is 53.2 cm³/mol. The summed E-state index contributed by atoms with van der Waals surface area (Å²) < 4.78 is 22.2. The minimum absolute atomic E-state index is 0.207. The standard InChI is InChI=1S/C9H12N2O2S/c10-14(12,13)9-2-1-8-6-11-4-3-7(8)5-9/h1-2,5,11H,3-4,6H2,(H2,10,12,13). The Hall–Kier alpha value is -0.910. The van der Waals surface area contributed by atoms with Gasteiger partial charge in [-0.1, -0.05) is 6.07 Å². The van der Waals surface area contributed by atoms with E-state index in [4.69, 9.17) is 5.14 Å². The summed E-state index contributed by atoms with van der Waals surface area (Å²) in [6.07, 6.45) is 0.860. The molecule has 76 valence electrons. The van der Waals surface area contributed by atoms with Gasteiger partial charge in [-0.3, -0.25) is 0 Å². The molecule has 0 atom stereocenters. The van der Waals surface area contributed by atoms with E-state index in [-0.39, 0.29) is 4.90 Å². The van der Waals surface area contributed by atoms with Crippen molar-refractivity contribution >= 4 is 10.0 Å². The number of primary sulfonamides is 1. The monoisotopic (exact) mass is 212 g/mol. The highest BCUT2D eigenvalue weighted by Crippen LogP contribution is 2.17. The normalized spacial score (nSPS) is 16.4. The molecule has 1 aliphatic heterocycles. The summed E-state index contributed by atoms with van der Waals surface area (Å²) in [6, 6.07) is 5.05. The van der Waals surface area contributed by atoms with E-state index in [2.05, 4.69) is 5.32 Å². The van der Waals surface area contributed by atoms with Gasteiger partial charge >= 0.3 is 0 Å². The average Bonchev–Trinajstić information content (AvgIpc) is 2.16. The van der Waals surface area contributed by atoms with Crippen molar-refractivity contribution < 1.29 is 8.42 Å². The van der Waals surface area contributed by atoms with Gasteiger partial charge in [-0.15, -0.1) is 0 Å². The molecule has 1 aromatic rings. The molecule has 1 aromatic carbocycles. The van der Waals surface area contributed by atoms with Crippen molar-refractivity contribution in [3.05, 3.63) is 29.3 Å². The van der Waals surface area contributed by atoms with Crippen molar-refractivity contribution in [1.82, 2.24) is 5.32 Å². The zero-order valence-electron chi connectivity index (χ0n) is 7.66. The van der Waals surface area contributed by atoms with Gasteiger partial charge in [-0.25, -0.2) is 13.6 Å². The van der Waals surface area contributed by atoms with Crippen LogP contribution < -0.4 is 10.5 Å². The van der Waals surface area contributed by atoms with Crippen molar-refractivity contribution in [2.45, 2.75) is 17.9 Å². The van der Waals surface area contributed by atoms with E-state index in [0.717, 1.165) is 30.6 Å². The van der Waals surface area contributed by atoms with Crippen LogP contribution in [-0.4, -0.2) is 15.0 Å². The Morgan fingerprint density at radius 2 is 2.07 bits per heavy atom.